The van der Waals surface area contributed by atoms with E-state index in [1.807, 2.05) is 0 Å². The van der Waals surface area contributed by atoms with Crippen molar-refractivity contribution in [2.45, 2.75) is 117 Å². The number of hydrogen-bond acceptors (Lipinski definition) is 2. The smallest absolute Gasteiger partial charge is 0.0811 e. The summed E-state index contributed by atoms with van der Waals surface area (Å²) in [6.07, 6.45) is 18.1. The average Bonchev–Trinajstić information content (AvgIpc) is 3.06. The predicted octanol–water partition coefficient (Wildman–Crippen LogP) is 7.37. The Morgan fingerprint density at radius 2 is 1.81 bits per heavy atom. The van der Waals surface area contributed by atoms with E-state index in [-0.39, 0.29) is 0 Å². The van der Waals surface area contributed by atoms with Gasteiger partial charge in [0, 0.05) is 6.42 Å². The van der Waals surface area contributed by atoms with Gasteiger partial charge in [0.25, 0.3) is 0 Å². The SMILES string of the molecule is C=C1/C(=C\C=C2/CCC[C@@]3(C)C2CC[C@@H]3[C@H](C)CCCCCC(C)C)C[C@@H](O)C[C@@H]1O. The molecule has 176 valence electrons. The normalized spacial score (nSPS) is 37.6. The van der Waals surface area contributed by atoms with Gasteiger partial charge in [0.05, 0.1) is 12.2 Å². The molecule has 0 bridgehead atoms. The third-order valence-electron chi connectivity index (χ3n) is 8.93. The Morgan fingerprint density at radius 3 is 2.55 bits per heavy atom. The Kier molecular flexibility index (Phi) is 8.66. The van der Waals surface area contributed by atoms with Gasteiger partial charge in [0.1, 0.15) is 0 Å². The Hall–Kier alpha value is -0.860. The molecule has 3 fully saturated rings. The molecule has 3 aliphatic carbocycles. The first kappa shape index (κ1) is 24.8. The second-order valence-corrected chi connectivity index (χ2v) is 11.7. The quantitative estimate of drug-likeness (QED) is 0.396. The first-order valence-electron chi connectivity index (χ1n) is 13.2. The highest BCUT2D eigenvalue weighted by Gasteiger charge is 2.50. The molecule has 0 aromatic rings. The van der Waals surface area contributed by atoms with Crippen LogP contribution in [0.4, 0.5) is 0 Å². The average molecular weight is 429 g/mol. The van der Waals surface area contributed by atoms with E-state index in [4.69, 9.17) is 0 Å². The molecule has 0 saturated heterocycles. The van der Waals surface area contributed by atoms with Gasteiger partial charge in [-0.3, -0.25) is 0 Å². The molecule has 0 aliphatic heterocycles. The van der Waals surface area contributed by atoms with E-state index in [9.17, 15) is 10.2 Å². The number of fused-ring (bicyclic) bond motifs is 1. The van der Waals surface area contributed by atoms with Gasteiger partial charge in [-0.2, -0.15) is 0 Å². The molecule has 0 aromatic carbocycles. The van der Waals surface area contributed by atoms with E-state index in [0.29, 0.717) is 24.2 Å². The number of hydrogen-bond donors (Lipinski definition) is 2. The molecular formula is C29H48O2. The van der Waals surface area contributed by atoms with Crippen molar-refractivity contribution in [3.05, 3.63) is 35.5 Å². The second-order valence-electron chi connectivity index (χ2n) is 11.7. The molecule has 3 aliphatic rings. The van der Waals surface area contributed by atoms with Gasteiger partial charge in [-0.1, -0.05) is 84.1 Å². The summed E-state index contributed by atoms with van der Waals surface area (Å²) in [5.41, 5.74) is 3.89. The Bertz CT molecular complexity index is 672. The molecule has 2 N–H and O–H groups in total. The number of rotatable bonds is 8. The highest BCUT2D eigenvalue weighted by Crippen LogP contribution is 2.59. The van der Waals surface area contributed by atoms with Crippen LogP contribution in [-0.2, 0) is 0 Å². The minimum Gasteiger partial charge on any atom is -0.393 e. The van der Waals surface area contributed by atoms with Crippen LogP contribution in [-0.4, -0.2) is 22.4 Å². The number of aliphatic hydroxyl groups is 2. The Labute approximate surface area is 191 Å². The maximum atomic E-state index is 10.2. The van der Waals surface area contributed by atoms with Crippen LogP contribution < -0.4 is 0 Å². The van der Waals surface area contributed by atoms with Crippen molar-refractivity contribution in [1.29, 1.82) is 0 Å². The van der Waals surface area contributed by atoms with Gasteiger partial charge >= 0.3 is 0 Å². The van der Waals surface area contributed by atoms with Crippen molar-refractivity contribution in [2.24, 2.45) is 29.1 Å². The lowest BCUT2D eigenvalue weighted by Gasteiger charge is -2.44. The van der Waals surface area contributed by atoms with Crippen molar-refractivity contribution in [3.8, 4) is 0 Å². The fourth-order valence-corrected chi connectivity index (χ4v) is 7.08. The zero-order chi connectivity index (χ0) is 22.6. The summed E-state index contributed by atoms with van der Waals surface area (Å²) in [4.78, 5) is 0. The number of unbranched alkanes of at least 4 members (excludes halogenated alkanes) is 2. The van der Waals surface area contributed by atoms with Gasteiger partial charge in [-0.15, -0.1) is 0 Å². The van der Waals surface area contributed by atoms with E-state index in [2.05, 4.69) is 46.4 Å². The van der Waals surface area contributed by atoms with Crippen LogP contribution in [0, 0.1) is 29.1 Å². The first-order valence-corrected chi connectivity index (χ1v) is 13.2. The van der Waals surface area contributed by atoms with Crippen molar-refractivity contribution in [1.82, 2.24) is 0 Å². The third-order valence-corrected chi connectivity index (χ3v) is 8.93. The molecule has 6 atom stereocenters. The molecule has 0 amide bonds. The zero-order valence-corrected chi connectivity index (χ0v) is 20.7. The lowest BCUT2D eigenvalue weighted by molar-refractivity contribution is 0.0861. The summed E-state index contributed by atoms with van der Waals surface area (Å²) >= 11 is 0. The molecule has 1 unspecified atom stereocenters. The molecule has 2 nitrogen and oxygen atoms in total. The fraction of sp³-hybridized carbons (Fsp3) is 0.793. The van der Waals surface area contributed by atoms with Crippen molar-refractivity contribution in [2.75, 3.05) is 0 Å². The number of allylic oxidation sites excluding steroid dienone is 3. The number of aliphatic hydroxyl groups excluding tert-OH is 2. The van der Waals surface area contributed by atoms with Crippen LogP contribution in [0.3, 0.4) is 0 Å². The fourth-order valence-electron chi connectivity index (χ4n) is 7.08. The van der Waals surface area contributed by atoms with Crippen LogP contribution in [0.15, 0.2) is 35.5 Å². The standard InChI is InChI=1S/C29H48O2/c1-20(2)10-7-6-8-11-21(3)26-15-16-27-23(12-9-17-29(26,27)5)13-14-24-18-25(30)19-28(31)22(24)4/h13-14,20-21,25-28,30-31H,4,6-12,15-19H2,1-3,5H3/b23-13+,24-14-/t21-,25-,26-,27?,28+,29-/m1/s1. The molecule has 3 saturated carbocycles. The summed E-state index contributed by atoms with van der Waals surface area (Å²) in [5, 5.41) is 20.2. The van der Waals surface area contributed by atoms with E-state index in [1.54, 1.807) is 5.57 Å². The van der Waals surface area contributed by atoms with Crippen LogP contribution in [0.5, 0.6) is 0 Å². The van der Waals surface area contributed by atoms with Crippen molar-refractivity contribution >= 4 is 0 Å². The zero-order valence-electron chi connectivity index (χ0n) is 20.7. The topological polar surface area (TPSA) is 40.5 Å². The summed E-state index contributed by atoms with van der Waals surface area (Å²) < 4.78 is 0. The Morgan fingerprint density at radius 1 is 1.06 bits per heavy atom. The molecule has 0 aromatic heterocycles. The molecule has 0 heterocycles. The second kappa shape index (κ2) is 10.8. The van der Waals surface area contributed by atoms with Gasteiger partial charge in [-0.05, 0) is 78.8 Å². The molecule has 2 heteroatoms. The minimum atomic E-state index is -0.595. The summed E-state index contributed by atoms with van der Waals surface area (Å²) in [6, 6.07) is 0. The highest BCUT2D eigenvalue weighted by molar-refractivity contribution is 5.38. The van der Waals surface area contributed by atoms with Gasteiger partial charge in [0.15, 0.2) is 0 Å². The molecular weight excluding hydrogens is 380 g/mol. The summed E-state index contributed by atoms with van der Waals surface area (Å²) in [7, 11) is 0. The van der Waals surface area contributed by atoms with E-state index in [1.165, 1.54) is 64.2 Å². The van der Waals surface area contributed by atoms with E-state index in [0.717, 1.165) is 28.9 Å². The van der Waals surface area contributed by atoms with Gasteiger partial charge in [0.2, 0.25) is 0 Å². The van der Waals surface area contributed by atoms with Gasteiger partial charge in [-0.25, -0.2) is 0 Å². The maximum absolute atomic E-state index is 10.2. The van der Waals surface area contributed by atoms with Gasteiger partial charge < -0.3 is 10.2 Å². The molecule has 31 heavy (non-hydrogen) atoms. The summed E-state index contributed by atoms with van der Waals surface area (Å²) in [5.74, 6) is 3.23. The third kappa shape index (κ3) is 5.93. The van der Waals surface area contributed by atoms with Crippen LogP contribution in [0.25, 0.3) is 0 Å². The van der Waals surface area contributed by atoms with E-state index >= 15 is 0 Å². The summed E-state index contributed by atoms with van der Waals surface area (Å²) in [6.45, 7) is 13.9. The van der Waals surface area contributed by atoms with Crippen molar-refractivity contribution < 1.29 is 10.2 Å². The molecule has 0 spiro atoms. The lowest BCUT2D eigenvalue weighted by Crippen LogP contribution is -2.36. The molecule has 3 rings (SSSR count). The predicted molar refractivity (Wildman–Crippen MR) is 132 cm³/mol. The van der Waals surface area contributed by atoms with Crippen LogP contribution >= 0.6 is 0 Å². The first-order chi connectivity index (χ1) is 14.7. The highest BCUT2D eigenvalue weighted by atomic mass is 16.3. The minimum absolute atomic E-state index is 0.421. The molecule has 0 radical (unpaired) electrons. The van der Waals surface area contributed by atoms with Crippen LogP contribution in [0.2, 0.25) is 0 Å². The van der Waals surface area contributed by atoms with E-state index < -0.39 is 12.2 Å². The Balaban J connectivity index is 1.63. The van der Waals surface area contributed by atoms with Crippen molar-refractivity contribution in [3.63, 3.8) is 0 Å². The monoisotopic (exact) mass is 428 g/mol. The lowest BCUT2D eigenvalue weighted by atomic mass is 9.60. The van der Waals surface area contributed by atoms with Crippen LogP contribution in [0.1, 0.15) is 105 Å². The largest absolute Gasteiger partial charge is 0.393 e. The maximum Gasteiger partial charge on any atom is 0.0811 e.